The van der Waals surface area contributed by atoms with Gasteiger partial charge in [-0.2, -0.15) is 0 Å². The Hall–Kier alpha value is -0.970. The zero-order chi connectivity index (χ0) is 15.8. The van der Waals surface area contributed by atoms with Crippen LogP contribution >= 0.6 is 0 Å². The molecule has 0 bridgehead atoms. The lowest BCUT2D eigenvalue weighted by Gasteiger charge is -2.51. The minimum atomic E-state index is -1.28. The second kappa shape index (κ2) is 5.67. The fourth-order valence-corrected chi connectivity index (χ4v) is 3.77. The SMILES string of the molecule is COCCC(=O)[C@]1(C)[C@@H]2C(=C[C@@H](C)C[C@@H]2O)C=C[C@@]1(C)O. The van der Waals surface area contributed by atoms with Gasteiger partial charge in [0.1, 0.15) is 5.78 Å². The Morgan fingerprint density at radius 2 is 2.14 bits per heavy atom. The number of aliphatic hydroxyl groups is 2. The smallest absolute Gasteiger partial charge is 0.144 e. The number of ether oxygens (including phenoxy) is 1. The molecule has 0 aliphatic heterocycles. The van der Waals surface area contributed by atoms with Gasteiger partial charge in [-0.1, -0.05) is 25.2 Å². The number of hydrogen-bond donors (Lipinski definition) is 2. The fraction of sp³-hybridized carbons (Fsp3) is 0.706. The Morgan fingerprint density at radius 3 is 2.76 bits per heavy atom. The molecule has 5 atom stereocenters. The first-order chi connectivity index (χ1) is 9.74. The summed E-state index contributed by atoms with van der Waals surface area (Å²) in [5.41, 5.74) is -1.35. The number of fused-ring (bicyclic) bond motifs is 1. The lowest BCUT2D eigenvalue weighted by Crippen LogP contribution is -2.59. The molecule has 0 saturated carbocycles. The van der Waals surface area contributed by atoms with Crippen molar-refractivity contribution in [3.63, 3.8) is 0 Å². The Balaban J connectivity index is 2.47. The molecule has 0 amide bonds. The Morgan fingerprint density at radius 1 is 1.48 bits per heavy atom. The first-order valence-corrected chi connectivity index (χ1v) is 7.57. The van der Waals surface area contributed by atoms with Gasteiger partial charge in [0.2, 0.25) is 0 Å². The van der Waals surface area contributed by atoms with E-state index in [-0.39, 0.29) is 24.0 Å². The molecule has 0 fully saturated rings. The van der Waals surface area contributed by atoms with Gasteiger partial charge in [0.05, 0.1) is 23.7 Å². The maximum absolute atomic E-state index is 12.8. The predicted octanol–water partition coefficient (Wildman–Crippen LogP) is 1.86. The van der Waals surface area contributed by atoms with Gasteiger partial charge in [-0.25, -0.2) is 0 Å². The predicted molar refractivity (Wildman–Crippen MR) is 80.7 cm³/mol. The highest BCUT2D eigenvalue weighted by molar-refractivity contribution is 5.88. The number of allylic oxidation sites excluding steroid dienone is 2. The van der Waals surface area contributed by atoms with E-state index in [1.165, 1.54) is 0 Å². The third kappa shape index (κ3) is 2.60. The number of carbonyl (C=O) groups excluding carboxylic acids is 1. The topological polar surface area (TPSA) is 66.8 Å². The highest BCUT2D eigenvalue weighted by atomic mass is 16.5. The number of rotatable bonds is 4. The molecule has 2 rings (SSSR count). The molecule has 4 nitrogen and oxygen atoms in total. The van der Waals surface area contributed by atoms with E-state index in [0.29, 0.717) is 13.0 Å². The molecule has 2 aliphatic rings. The Kier molecular flexibility index (Phi) is 4.43. The van der Waals surface area contributed by atoms with Crippen LogP contribution in [0.25, 0.3) is 0 Å². The van der Waals surface area contributed by atoms with Crippen molar-refractivity contribution < 1.29 is 19.7 Å². The van der Waals surface area contributed by atoms with Gasteiger partial charge in [0.15, 0.2) is 0 Å². The van der Waals surface area contributed by atoms with E-state index in [1.807, 2.05) is 6.08 Å². The molecule has 0 radical (unpaired) electrons. The lowest BCUT2D eigenvalue weighted by atomic mass is 9.54. The van der Waals surface area contributed by atoms with Crippen molar-refractivity contribution >= 4 is 5.78 Å². The summed E-state index contributed by atoms with van der Waals surface area (Å²) in [4.78, 5) is 12.8. The lowest BCUT2D eigenvalue weighted by molar-refractivity contribution is -0.152. The highest BCUT2D eigenvalue weighted by Gasteiger charge is 2.57. The quantitative estimate of drug-likeness (QED) is 0.830. The fourth-order valence-electron chi connectivity index (χ4n) is 3.77. The standard InChI is InChI=1S/C17H26O4/c1-11-9-12-5-7-16(2,20)17(3,14(19)6-8-21-4)15(12)13(18)10-11/h5,7,9,11,13,15,18,20H,6,8,10H2,1-4H3/t11-,13+,15-,16-,17-/m1/s1. The summed E-state index contributed by atoms with van der Waals surface area (Å²) in [5, 5.41) is 21.3. The third-order valence-corrected chi connectivity index (χ3v) is 5.22. The minimum absolute atomic E-state index is 0.0665. The molecule has 118 valence electrons. The van der Waals surface area contributed by atoms with E-state index in [0.717, 1.165) is 5.57 Å². The number of Topliss-reactive ketones (excluding diaryl/α,β-unsaturated/α-hetero) is 1. The molecule has 21 heavy (non-hydrogen) atoms. The van der Waals surface area contributed by atoms with Gasteiger partial charge in [-0.05, 0) is 31.8 Å². The summed E-state index contributed by atoms with van der Waals surface area (Å²) in [7, 11) is 1.55. The van der Waals surface area contributed by atoms with Crippen molar-refractivity contribution in [2.45, 2.75) is 45.3 Å². The second-order valence-corrected chi connectivity index (χ2v) is 6.77. The van der Waals surface area contributed by atoms with E-state index in [1.54, 1.807) is 27.0 Å². The molecule has 0 saturated heterocycles. The van der Waals surface area contributed by atoms with E-state index in [4.69, 9.17) is 4.74 Å². The molecular formula is C17H26O4. The Labute approximate surface area is 126 Å². The average Bonchev–Trinajstić information content (AvgIpc) is 2.39. The third-order valence-electron chi connectivity index (χ3n) is 5.22. The molecule has 0 unspecified atom stereocenters. The summed E-state index contributed by atoms with van der Waals surface area (Å²) in [5.74, 6) is -0.154. The molecule has 0 spiro atoms. The second-order valence-electron chi connectivity index (χ2n) is 6.77. The number of carbonyl (C=O) groups is 1. The number of methoxy groups -OCH3 is 1. The normalized spacial score (nSPS) is 42.4. The maximum Gasteiger partial charge on any atom is 0.144 e. The molecule has 2 aliphatic carbocycles. The summed E-state index contributed by atoms with van der Waals surface area (Å²) in [6.07, 6.45) is 5.88. The van der Waals surface area contributed by atoms with Gasteiger partial charge in [0.25, 0.3) is 0 Å². The molecule has 4 heteroatoms. The molecular weight excluding hydrogens is 268 g/mol. The number of aliphatic hydroxyl groups excluding tert-OH is 1. The Bertz CT molecular complexity index is 477. The number of hydrogen-bond acceptors (Lipinski definition) is 4. The maximum atomic E-state index is 12.8. The van der Waals surface area contributed by atoms with Crippen molar-refractivity contribution in [3.8, 4) is 0 Å². The van der Waals surface area contributed by atoms with E-state index >= 15 is 0 Å². The van der Waals surface area contributed by atoms with Crippen LogP contribution in [0.3, 0.4) is 0 Å². The van der Waals surface area contributed by atoms with E-state index < -0.39 is 17.1 Å². The zero-order valence-electron chi connectivity index (χ0n) is 13.3. The van der Waals surface area contributed by atoms with E-state index in [2.05, 4.69) is 13.0 Å². The van der Waals surface area contributed by atoms with Crippen molar-refractivity contribution in [1.29, 1.82) is 0 Å². The molecule has 0 aromatic heterocycles. The van der Waals surface area contributed by atoms with Gasteiger partial charge >= 0.3 is 0 Å². The largest absolute Gasteiger partial charge is 0.392 e. The van der Waals surface area contributed by atoms with Crippen LogP contribution in [0.15, 0.2) is 23.8 Å². The van der Waals surface area contributed by atoms with Crippen molar-refractivity contribution in [3.05, 3.63) is 23.8 Å². The highest BCUT2D eigenvalue weighted by Crippen LogP contribution is 2.52. The molecule has 0 heterocycles. The van der Waals surface area contributed by atoms with Crippen LogP contribution in [0.2, 0.25) is 0 Å². The number of ketones is 1. The summed E-state index contributed by atoms with van der Waals surface area (Å²) in [6, 6.07) is 0. The molecule has 0 aromatic rings. The van der Waals surface area contributed by atoms with Crippen LogP contribution in [0, 0.1) is 17.3 Å². The van der Waals surface area contributed by atoms with Crippen LogP contribution < -0.4 is 0 Å². The molecule has 2 N–H and O–H groups in total. The van der Waals surface area contributed by atoms with Crippen LogP contribution in [0.5, 0.6) is 0 Å². The first kappa shape index (κ1) is 16.4. The zero-order valence-corrected chi connectivity index (χ0v) is 13.3. The monoisotopic (exact) mass is 294 g/mol. The van der Waals surface area contributed by atoms with E-state index in [9.17, 15) is 15.0 Å². The van der Waals surface area contributed by atoms with Gasteiger partial charge in [0, 0.05) is 19.4 Å². The van der Waals surface area contributed by atoms with Gasteiger partial charge in [-0.15, -0.1) is 0 Å². The van der Waals surface area contributed by atoms with Crippen molar-refractivity contribution in [1.82, 2.24) is 0 Å². The van der Waals surface area contributed by atoms with Crippen molar-refractivity contribution in [2.75, 3.05) is 13.7 Å². The van der Waals surface area contributed by atoms with Crippen molar-refractivity contribution in [2.24, 2.45) is 17.3 Å². The van der Waals surface area contributed by atoms with Crippen LogP contribution in [-0.4, -0.2) is 41.4 Å². The van der Waals surface area contributed by atoms with Crippen LogP contribution in [0.1, 0.15) is 33.6 Å². The minimum Gasteiger partial charge on any atom is -0.392 e. The summed E-state index contributed by atoms with van der Waals surface area (Å²) >= 11 is 0. The molecule has 0 aromatic carbocycles. The van der Waals surface area contributed by atoms with Crippen LogP contribution in [0.4, 0.5) is 0 Å². The summed E-state index contributed by atoms with van der Waals surface area (Å²) < 4.78 is 5.00. The van der Waals surface area contributed by atoms with Gasteiger partial charge < -0.3 is 14.9 Å². The van der Waals surface area contributed by atoms with Crippen LogP contribution in [-0.2, 0) is 9.53 Å². The first-order valence-electron chi connectivity index (χ1n) is 7.57. The average molecular weight is 294 g/mol. The summed E-state index contributed by atoms with van der Waals surface area (Å²) in [6.45, 7) is 5.80. The van der Waals surface area contributed by atoms with Gasteiger partial charge in [-0.3, -0.25) is 4.79 Å².